The van der Waals surface area contributed by atoms with E-state index in [0.29, 0.717) is 23.1 Å². The Kier molecular flexibility index (Phi) is 7.48. The quantitative estimate of drug-likeness (QED) is 0.290. The minimum atomic E-state index is -3.08. The Bertz CT molecular complexity index is 1530. The van der Waals surface area contributed by atoms with E-state index >= 15 is 0 Å². The summed E-state index contributed by atoms with van der Waals surface area (Å²) in [6.45, 7) is 1.26. The molecule has 1 aliphatic carbocycles. The summed E-state index contributed by atoms with van der Waals surface area (Å²) in [4.78, 5) is 11.7. The molecular formula is C27H31N5O5S. The average molecular weight is 538 g/mol. The number of rotatable bonds is 12. The average Bonchev–Trinajstić information content (AvgIpc) is 3.61. The van der Waals surface area contributed by atoms with E-state index in [9.17, 15) is 13.5 Å². The van der Waals surface area contributed by atoms with Gasteiger partial charge in [-0.2, -0.15) is 5.10 Å². The Balaban J connectivity index is 1.47. The first-order chi connectivity index (χ1) is 18.3. The van der Waals surface area contributed by atoms with E-state index in [-0.39, 0.29) is 25.5 Å². The first-order valence-corrected chi connectivity index (χ1v) is 14.5. The third kappa shape index (κ3) is 6.40. The van der Waals surface area contributed by atoms with Crippen LogP contribution in [0.5, 0.6) is 11.5 Å². The summed E-state index contributed by atoms with van der Waals surface area (Å²) in [5.41, 5.74) is 4.85. The fourth-order valence-electron chi connectivity index (χ4n) is 4.18. The van der Waals surface area contributed by atoms with Crippen LogP contribution in [0, 0.1) is 5.92 Å². The highest BCUT2D eigenvalue weighted by molar-refractivity contribution is 7.90. The molecule has 0 unspecified atom stereocenters. The second kappa shape index (κ2) is 11.0. The molecule has 2 heterocycles. The monoisotopic (exact) mass is 537 g/mol. The van der Waals surface area contributed by atoms with Gasteiger partial charge in [-0.15, -0.1) is 0 Å². The van der Waals surface area contributed by atoms with E-state index in [4.69, 9.17) is 14.5 Å². The molecule has 10 nitrogen and oxygen atoms in total. The smallest absolute Gasteiger partial charge is 0.149 e. The summed E-state index contributed by atoms with van der Waals surface area (Å²) in [6, 6.07) is 11.8. The number of sulfone groups is 1. The van der Waals surface area contributed by atoms with Crippen LogP contribution in [0.25, 0.3) is 22.3 Å². The summed E-state index contributed by atoms with van der Waals surface area (Å²) >= 11 is 0. The van der Waals surface area contributed by atoms with E-state index in [1.54, 1.807) is 30.4 Å². The van der Waals surface area contributed by atoms with Crippen molar-refractivity contribution in [2.24, 2.45) is 5.92 Å². The van der Waals surface area contributed by atoms with Crippen molar-refractivity contribution in [1.29, 1.82) is 0 Å². The molecule has 0 aliphatic heterocycles. The van der Waals surface area contributed by atoms with Crippen molar-refractivity contribution in [3.8, 4) is 22.8 Å². The number of aliphatic hydroxyl groups excluding tert-OH is 1. The van der Waals surface area contributed by atoms with Crippen LogP contribution in [0.4, 0.5) is 11.4 Å². The van der Waals surface area contributed by atoms with Gasteiger partial charge in [0.15, 0.2) is 0 Å². The number of fused-ring (bicyclic) bond motifs is 1. The third-order valence-corrected chi connectivity index (χ3v) is 7.29. The summed E-state index contributed by atoms with van der Waals surface area (Å²) in [5.74, 6) is 1.93. The highest BCUT2D eigenvalue weighted by Gasteiger charge is 2.26. The Morgan fingerprint density at radius 3 is 2.63 bits per heavy atom. The second-order valence-corrected chi connectivity index (χ2v) is 11.8. The van der Waals surface area contributed by atoms with E-state index in [0.717, 1.165) is 34.5 Å². The van der Waals surface area contributed by atoms with Gasteiger partial charge >= 0.3 is 0 Å². The SMILES string of the molecule is COc1cc(OCCO)cc(N(CC2CC2)c2ccc3ncc(-c4cnn(CCS(C)(=O)=O)c4)nc3c2)c1. The maximum absolute atomic E-state index is 11.5. The number of nitrogens with zero attached hydrogens (tertiary/aromatic N) is 5. The normalized spacial score (nSPS) is 13.6. The van der Waals surface area contributed by atoms with Gasteiger partial charge in [0.25, 0.3) is 0 Å². The van der Waals surface area contributed by atoms with Crippen LogP contribution in [0.1, 0.15) is 12.8 Å². The lowest BCUT2D eigenvalue weighted by atomic mass is 10.1. The number of ether oxygens (including phenoxy) is 2. The summed E-state index contributed by atoms with van der Waals surface area (Å²) < 4.78 is 35.8. The van der Waals surface area contributed by atoms with Gasteiger partial charge in [0.1, 0.15) is 27.9 Å². The highest BCUT2D eigenvalue weighted by Crippen LogP contribution is 2.38. The zero-order valence-corrected chi connectivity index (χ0v) is 22.3. The fraction of sp³-hybridized carbons (Fsp3) is 0.370. The topological polar surface area (TPSA) is 120 Å². The molecule has 11 heteroatoms. The van der Waals surface area contributed by atoms with Crippen LogP contribution in [0.2, 0.25) is 0 Å². The first-order valence-electron chi connectivity index (χ1n) is 12.5. The number of anilines is 2. The number of hydrogen-bond donors (Lipinski definition) is 1. The molecule has 200 valence electrons. The van der Waals surface area contributed by atoms with Gasteiger partial charge in [0.05, 0.1) is 55.1 Å². The van der Waals surface area contributed by atoms with Crippen LogP contribution < -0.4 is 14.4 Å². The Morgan fingerprint density at radius 2 is 1.89 bits per heavy atom. The molecule has 2 aromatic carbocycles. The molecular weight excluding hydrogens is 506 g/mol. The Hall–Kier alpha value is -3.70. The van der Waals surface area contributed by atoms with Crippen molar-refractivity contribution in [2.75, 3.05) is 43.8 Å². The largest absolute Gasteiger partial charge is 0.497 e. The minimum absolute atomic E-state index is 0.0226. The second-order valence-electron chi connectivity index (χ2n) is 9.54. The van der Waals surface area contributed by atoms with Crippen LogP contribution in [0.15, 0.2) is 55.0 Å². The first kappa shape index (κ1) is 25.9. The van der Waals surface area contributed by atoms with Gasteiger partial charge in [-0.3, -0.25) is 9.67 Å². The van der Waals surface area contributed by atoms with Crippen molar-refractivity contribution in [2.45, 2.75) is 19.4 Å². The Labute approximate surface area is 221 Å². The summed E-state index contributed by atoms with van der Waals surface area (Å²) in [7, 11) is -1.46. The molecule has 1 fully saturated rings. The van der Waals surface area contributed by atoms with Gasteiger partial charge in [0, 0.05) is 54.1 Å². The molecule has 0 spiro atoms. The number of benzene rings is 2. The Morgan fingerprint density at radius 1 is 1.08 bits per heavy atom. The van der Waals surface area contributed by atoms with Gasteiger partial charge in [-0.05, 0) is 37.0 Å². The van der Waals surface area contributed by atoms with Crippen LogP contribution in [-0.2, 0) is 16.4 Å². The molecule has 1 N–H and O–H groups in total. The van der Waals surface area contributed by atoms with E-state index < -0.39 is 9.84 Å². The molecule has 2 aromatic heterocycles. The predicted octanol–water partition coefficient (Wildman–Crippen LogP) is 3.47. The number of aliphatic hydroxyl groups is 1. The molecule has 38 heavy (non-hydrogen) atoms. The molecule has 0 saturated heterocycles. The number of methoxy groups -OCH3 is 1. The minimum Gasteiger partial charge on any atom is -0.497 e. The van der Waals surface area contributed by atoms with Gasteiger partial charge in [-0.25, -0.2) is 13.4 Å². The maximum atomic E-state index is 11.5. The standard InChI is InChI=1S/C27H31N5O5S/c1-36-23-11-22(12-24(14-23)37-9-8-33)32(17-19-3-4-19)21-5-6-25-26(13-21)30-27(16-28-25)20-15-29-31(18-20)7-10-38(2,34)35/h5-6,11-16,18-19,33H,3-4,7-10,17H2,1-2H3. The van der Waals surface area contributed by atoms with Crippen molar-refractivity contribution in [1.82, 2.24) is 19.7 Å². The van der Waals surface area contributed by atoms with Crippen molar-refractivity contribution < 1.29 is 23.0 Å². The number of aryl methyl sites for hydroxylation is 1. The molecule has 1 saturated carbocycles. The van der Waals surface area contributed by atoms with Crippen molar-refractivity contribution in [3.63, 3.8) is 0 Å². The highest BCUT2D eigenvalue weighted by atomic mass is 32.2. The molecule has 0 radical (unpaired) electrons. The van der Waals surface area contributed by atoms with E-state index in [1.165, 1.54) is 19.1 Å². The lowest BCUT2D eigenvalue weighted by Crippen LogP contribution is -2.20. The molecule has 0 atom stereocenters. The van der Waals surface area contributed by atoms with Crippen LogP contribution in [-0.4, -0.2) is 72.1 Å². The van der Waals surface area contributed by atoms with Crippen molar-refractivity contribution in [3.05, 3.63) is 55.0 Å². The summed E-state index contributed by atoms with van der Waals surface area (Å²) in [5, 5.41) is 13.5. The fourth-order valence-corrected chi connectivity index (χ4v) is 4.70. The molecule has 1 aliphatic rings. The molecule has 5 rings (SSSR count). The lowest BCUT2D eigenvalue weighted by Gasteiger charge is -2.26. The third-order valence-electron chi connectivity index (χ3n) is 6.37. The van der Waals surface area contributed by atoms with Crippen molar-refractivity contribution >= 4 is 32.2 Å². The zero-order valence-electron chi connectivity index (χ0n) is 21.4. The van der Waals surface area contributed by atoms with E-state index in [1.807, 2.05) is 36.4 Å². The van der Waals surface area contributed by atoms with Crippen LogP contribution >= 0.6 is 0 Å². The maximum Gasteiger partial charge on any atom is 0.149 e. The molecule has 0 amide bonds. The van der Waals surface area contributed by atoms with E-state index in [2.05, 4.69) is 15.0 Å². The molecule has 0 bridgehead atoms. The molecule has 4 aromatic rings. The van der Waals surface area contributed by atoms with Gasteiger partial charge < -0.3 is 19.5 Å². The van der Waals surface area contributed by atoms with Crippen LogP contribution in [0.3, 0.4) is 0 Å². The predicted molar refractivity (Wildman–Crippen MR) is 146 cm³/mol. The van der Waals surface area contributed by atoms with Gasteiger partial charge in [-0.1, -0.05) is 0 Å². The lowest BCUT2D eigenvalue weighted by molar-refractivity contribution is 0.201. The zero-order chi connectivity index (χ0) is 26.7. The number of aromatic nitrogens is 4. The summed E-state index contributed by atoms with van der Waals surface area (Å²) in [6.07, 6.45) is 8.75. The number of hydrogen-bond acceptors (Lipinski definition) is 9. The van der Waals surface area contributed by atoms with Gasteiger partial charge in [0.2, 0.25) is 0 Å².